The maximum atomic E-state index is 9.37. The Hall–Kier alpha value is -1.06. The van der Waals surface area contributed by atoms with Crippen LogP contribution in [0.3, 0.4) is 0 Å². The summed E-state index contributed by atoms with van der Waals surface area (Å²) in [4.78, 5) is 3.98. The van der Waals surface area contributed by atoms with E-state index >= 15 is 0 Å². The second-order valence-corrected chi connectivity index (χ2v) is 7.28. The summed E-state index contributed by atoms with van der Waals surface area (Å²) in [5.74, 6) is 0.831. The van der Waals surface area contributed by atoms with Gasteiger partial charge in [-0.15, -0.1) is 23.5 Å². The average Bonchev–Trinajstić information content (AvgIpc) is 3.02. The van der Waals surface area contributed by atoms with Gasteiger partial charge in [0.05, 0.1) is 10.6 Å². The van der Waals surface area contributed by atoms with Crippen molar-refractivity contribution in [2.24, 2.45) is 0 Å². The van der Waals surface area contributed by atoms with E-state index in [1.165, 1.54) is 0 Å². The molecule has 1 aromatic heterocycles. The van der Waals surface area contributed by atoms with Crippen LogP contribution in [0.1, 0.15) is 5.56 Å². The van der Waals surface area contributed by atoms with Crippen LogP contribution >= 0.6 is 46.7 Å². The van der Waals surface area contributed by atoms with Crippen molar-refractivity contribution in [1.82, 2.24) is 9.55 Å². The minimum atomic E-state index is 0.595. The fourth-order valence-electron chi connectivity index (χ4n) is 1.80. The number of hydrogen-bond donors (Lipinski definition) is 0. The number of nitrogens with zero attached hydrogens (tertiary/aromatic N) is 3. The number of aromatic nitrogens is 2. The molecule has 0 aliphatic rings. The zero-order valence-electron chi connectivity index (χ0n) is 11.8. The molecule has 114 valence electrons. The van der Waals surface area contributed by atoms with Gasteiger partial charge in [0.25, 0.3) is 0 Å². The number of thioether (sulfide) groups is 2. The highest BCUT2D eigenvalue weighted by Gasteiger charge is 2.09. The van der Waals surface area contributed by atoms with Crippen LogP contribution in [0.25, 0.3) is 5.70 Å². The lowest BCUT2D eigenvalue weighted by Crippen LogP contribution is -1.95. The predicted molar refractivity (Wildman–Crippen MR) is 97.2 cm³/mol. The first-order valence-corrected chi connectivity index (χ1v) is 9.35. The van der Waals surface area contributed by atoms with Crippen molar-refractivity contribution in [2.75, 3.05) is 12.0 Å². The molecule has 0 aliphatic carbocycles. The van der Waals surface area contributed by atoms with Crippen LogP contribution < -0.4 is 0 Å². The van der Waals surface area contributed by atoms with Gasteiger partial charge in [-0.1, -0.05) is 29.3 Å². The Balaban J connectivity index is 2.07. The quantitative estimate of drug-likeness (QED) is 0.657. The summed E-state index contributed by atoms with van der Waals surface area (Å²) in [6, 6.07) is 7.77. The molecule has 3 nitrogen and oxygen atoms in total. The first-order valence-electron chi connectivity index (χ1n) is 6.39. The summed E-state index contributed by atoms with van der Waals surface area (Å²) in [5.41, 5.74) is 1.65. The molecule has 0 unspecified atom stereocenters. The molecule has 0 aliphatic heterocycles. The van der Waals surface area contributed by atoms with Crippen molar-refractivity contribution in [1.29, 1.82) is 5.26 Å². The van der Waals surface area contributed by atoms with Gasteiger partial charge >= 0.3 is 0 Å². The Morgan fingerprint density at radius 3 is 2.82 bits per heavy atom. The lowest BCUT2D eigenvalue weighted by atomic mass is 10.2. The van der Waals surface area contributed by atoms with E-state index < -0.39 is 0 Å². The van der Waals surface area contributed by atoms with Crippen LogP contribution in [0.15, 0.2) is 41.2 Å². The topological polar surface area (TPSA) is 41.6 Å². The highest BCUT2D eigenvalue weighted by Crippen LogP contribution is 2.33. The van der Waals surface area contributed by atoms with E-state index in [9.17, 15) is 5.26 Å². The van der Waals surface area contributed by atoms with E-state index in [-0.39, 0.29) is 0 Å². The van der Waals surface area contributed by atoms with Gasteiger partial charge in [-0.05, 0) is 30.4 Å². The molecule has 0 saturated heterocycles. The molecule has 0 bridgehead atoms. The molecule has 0 atom stereocenters. The summed E-state index contributed by atoms with van der Waals surface area (Å²) >= 11 is 15.3. The molecule has 2 aromatic rings. The van der Waals surface area contributed by atoms with Gasteiger partial charge in [0.1, 0.15) is 11.8 Å². The Bertz CT molecular complexity index is 706. The third kappa shape index (κ3) is 4.47. The van der Waals surface area contributed by atoms with Crippen LogP contribution in [0.5, 0.6) is 0 Å². The summed E-state index contributed by atoms with van der Waals surface area (Å²) in [5, 5.41) is 10.7. The number of benzene rings is 1. The molecule has 22 heavy (non-hydrogen) atoms. The lowest BCUT2D eigenvalue weighted by molar-refractivity contribution is 1.10. The van der Waals surface area contributed by atoms with E-state index in [1.54, 1.807) is 52.9 Å². The van der Waals surface area contributed by atoms with Gasteiger partial charge in [-0.25, -0.2) is 4.98 Å². The molecule has 0 fully saturated rings. The fraction of sp³-hybridized carbons (Fsp3) is 0.200. The third-order valence-corrected chi connectivity index (χ3v) is 5.74. The lowest BCUT2D eigenvalue weighted by Gasteiger charge is -2.09. The monoisotopic (exact) mass is 369 g/mol. The van der Waals surface area contributed by atoms with E-state index in [0.29, 0.717) is 15.7 Å². The summed E-state index contributed by atoms with van der Waals surface area (Å²) in [6.45, 7) is 0. The van der Waals surface area contributed by atoms with Gasteiger partial charge in [-0.3, -0.25) is 4.57 Å². The number of aryl methyl sites for hydroxylation is 1. The normalized spacial score (nSPS) is 11.9. The zero-order chi connectivity index (χ0) is 15.9. The molecule has 0 N–H and O–H groups in total. The third-order valence-electron chi connectivity index (χ3n) is 2.87. The molecule has 7 heteroatoms. The zero-order valence-corrected chi connectivity index (χ0v) is 14.9. The second-order valence-electron chi connectivity index (χ2n) is 4.26. The Labute approximate surface area is 148 Å². The SMILES string of the molecule is CS/C(SCCc1ccc(Cl)cc1Cl)=C(\C#N)n1ccnc1. The van der Waals surface area contributed by atoms with E-state index in [0.717, 1.165) is 22.0 Å². The van der Waals surface area contributed by atoms with Gasteiger partial charge in [0.2, 0.25) is 0 Å². The van der Waals surface area contributed by atoms with Crippen LogP contribution in [-0.4, -0.2) is 21.6 Å². The number of halogens is 2. The Morgan fingerprint density at radius 1 is 1.41 bits per heavy atom. The van der Waals surface area contributed by atoms with Crippen LogP contribution in [0, 0.1) is 11.3 Å². The van der Waals surface area contributed by atoms with E-state index in [1.807, 2.05) is 18.4 Å². The largest absolute Gasteiger partial charge is 0.296 e. The van der Waals surface area contributed by atoms with Crippen molar-refractivity contribution in [3.63, 3.8) is 0 Å². The first kappa shape index (κ1) is 17.3. The molecule has 2 rings (SSSR count). The fourth-order valence-corrected chi connectivity index (χ4v) is 4.17. The minimum absolute atomic E-state index is 0.595. The van der Waals surface area contributed by atoms with Crippen molar-refractivity contribution >= 4 is 52.4 Å². The molecule has 0 spiro atoms. The number of rotatable bonds is 6. The van der Waals surface area contributed by atoms with Gasteiger partial charge in [0, 0.05) is 28.2 Å². The van der Waals surface area contributed by atoms with Crippen molar-refractivity contribution in [3.05, 3.63) is 56.8 Å². The highest BCUT2D eigenvalue weighted by molar-refractivity contribution is 8.22. The van der Waals surface area contributed by atoms with Crippen molar-refractivity contribution in [3.8, 4) is 6.07 Å². The van der Waals surface area contributed by atoms with Crippen molar-refractivity contribution in [2.45, 2.75) is 6.42 Å². The van der Waals surface area contributed by atoms with Crippen LogP contribution in [-0.2, 0) is 6.42 Å². The summed E-state index contributed by atoms with van der Waals surface area (Å²) < 4.78 is 2.69. The first-order chi connectivity index (χ1) is 10.7. The Kier molecular flexibility index (Phi) is 6.71. The number of imidazole rings is 1. The molecule has 1 heterocycles. The maximum absolute atomic E-state index is 9.37. The molecular weight excluding hydrogens is 357 g/mol. The smallest absolute Gasteiger partial charge is 0.145 e. The number of hydrogen-bond acceptors (Lipinski definition) is 4. The molecule has 0 saturated carbocycles. The van der Waals surface area contributed by atoms with Gasteiger partial charge < -0.3 is 0 Å². The van der Waals surface area contributed by atoms with Crippen LogP contribution in [0.2, 0.25) is 10.0 Å². The standard InChI is InChI=1S/C15H13Cl2N3S2/c1-21-15(14(9-18)20-6-5-19-10-20)22-7-4-11-2-3-12(16)8-13(11)17/h2-3,5-6,8,10H,4,7H2,1H3/b15-14-. The highest BCUT2D eigenvalue weighted by atomic mass is 35.5. The molecule has 0 amide bonds. The Morgan fingerprint density at radius 2 is 2.23 bits per heavy atom. The van der Waals surface area contributed by atoms with Crippen molar-refractivity contribution < 1.29 is 0 Å². The average molecular weight is 370 g/mol. The molecular formula is C15H13Cl2N3S2. The minimum Gasteiger partial charge on any atom is -0.296 e. The molecule has 1 aromatic carbocycles. The predicted octanol–water partition coefficient (Wildman–Crippen LogP) is 5.18. The van der Waals surface area contributed by atoms with E-state index in [2.05, 4.69) is 11.1 Å². The van der Waals surface area contributed by atoms with Crippen LogP contribution in [0.4, 0.5) is 0 Å². The van der Waals surface area contributed by atoms with Gasteiger partial charge in [-0.2, -0.15) is 5.26 Å². The molecule has 0 radical (unpaired) electrons. The maximum Gasteiger partial charge on any atom is 0.145 e. The number of allylic oxidation sites excluding steroid dienone is 1. The summed E-state index contributed by atoms with van der Waals surface area (Å²) in [6.07, 6.45) is 7.84. The second kappa shape index (κ2) is 8.54. The van der Waals surface area contributed by atoms with Gasteiger partial charge in [0.15, 0.2) is 0 Å². The number of nitriles is 1. The summed E-state index contributed by atoms with van der Waals surface area (Å²) in [7, 11) is 0. The van der Waals surface area contributed by atoms with E-state index in [4.69, 9.17) is 23.2 Å².